The van der Waals surface area contributed by atoms with E-state index < -0.39 is 17.6 Å². The highest BCUT2D eigenvalue weighted by molar-refractivity contribution is 5.86. The maximum Gasteiger partial charge on any atom is 0.338 e. The second-order valence-electron chi connectivity index (χ2n) is 7.19. The number of piperidine rings is 1. The van der Waals surface area contributed by atoms with E-state index in [2.05, 4.69) is 5.10 Å². The highest BCUT2D eigenvalue weighted by atomic mass is 19.1. The summed E-state index contributed by atoms with van der Waals surface area (Å²) < 4.78 is 28.9. The molecular formula is C19H19F2N3O3. The number of benzene rings is 1. The molecule has 6 nitrogen and oxygen atoms in total. The van der Waals surface area contributed by atoms with Crippen LogP contribution in [0.2, 0.25) is 0 Å². The zero-order valence-corrected chi connectivity index (χ0v) is 14.5. The van der Waals surface area contributed by atoms with Crippen LogP contribution in [0.15, 0.2) is 30.6 Å². The maximum absolute atomic E-state index is 13.9. The van der Waals surface area contributed by atoms with Crippen LogP contribution in [0, 0.1) is 17.6 Å². The lowest BCUT2D eigenvalue weighted by Gasteiger charge is -2.32. The summed E-state index contributed by atoms with van der Waals surface area (Å²) >= 11 is 0. The molecule has 1 N–H and O–H groups in total. The molecule has 8 heteroatoms. The first kappa shape index (κ1) is 17.6. The fourth-order valence-electron chi connectivity index (χ4n) is 3.84. The Morgan fingerprint density at radius 2 is 1.93 bits per heavy atom. The number of likely N-dealkylation sites (tertiary alicyclic amines) is 1. The van der Waals surface area contributed by atoms with Crippen LogP contribution in [0.5, 0.6) is 0 Å². The Morgan fingerprint density at radius 3 is 2.59 bits per heavy atom. The van der Waals surface area contributed by atoms with Crippen LogP contribution in [-0.4, -0.2) is 44.8 Å². The highest BCUT2D eigenvalue weighted by Gasteiger charge is 2.47. The smallest absolute Gasteiger partial charge is 0.338 e. The van der Waals surface area contributed by atoms with Gasteiger partial charge >= 0.3 is 5.97 Å². The third-order valence-electron chi connectivity index (χ3n) is 5.46. The number of nitrogens with zero attached hydrogens (tertiary/aromatic N) is 3. The molecule has 4 rings (SSSR count). The molecule has 2 heterocycles. The van der Waals surface area contributed by atoms with E-state index in [4.69, 9.17) is 5.11 Å². The molecule has 0 bridgehead atoms. The molecule has 2 aliphatic rings. The van der Waals surface area contributed by atoms with Crippen LogP contribution in [0.3, 0.4) is 0 Å². The number of halogens is 2. The fraction of sp³-hybridized carbons (Fsp3) is 0.421. The van der Waals surface area contributed by atoms with Crippen molar-refractivity contribution in [3.63, 3.8) is 0 Å². The molecule has 2 aromatic rings. The molecule has 2 fully saturated rings. The average Bonchev–Trinajstić information content (AvgIpc) is 3.29. The topological polar surface area (TPSA) is 75.4 Å². The first-order chi connectivity index (χ1) is 12.9. The lowest BCUT2D eigenvalue weighted by molar-refractivity contribution is -0.134. The number of carbonyl (C=O) groups is 2. The Morgan fingerprint density at radius 1 is 1.19 bits per heavy atom. The maximum atomic E-state index is 13.9. The van der Waals surface area contributed by atoms with Gasteiger partial charge in [-0.1, -0.05) is 0 Å². The standard InChI is InChI=1S/C19H19F2N3O3/c20-12-1-2-17(21)15(7-12)14-8-16(14)18(25)23-5-3-13(4-6-23)24-10-11(9-22-24)19(26)27/h1-2,7,9-10,13-14,16H,3-6,8H2,(H,26,27). The Balaban J connectivity index is 1.35. The number of hydrogen-bond donors (Lipinski definition) is 1. The number of carboxylic acid groups (broad SMARTS) is 1. The quantitative estimate of drug-likeness (QED) is 0.892. The number of rotatable bonds is 4. The molecule has 27 heavy (non-hydrogen) atoms. The van der Waals surface area contributed by atoms with Crippen molar-refractivity contribution in [2.45, 2.75) is 31.2 Å². The number of hydrogen-bond acceptors (Lipinski definition) is 3. The van der Waals surface area contributed by atoms with Crippen LogP contribution >= 0.6 is 0 Å². The number of amides is 1. The zero-order valence-electron chi connectivity index (χ0n) is 14.5. The van der Waals surface area contributed by atoms with Gasteiger partial charge in [-0.15, -0.1) is 0 Å². The first-order valence-corrected chi connectivity index (χ1v) is 8.95. The van der Waals surface area contributed by atoms with Gasteiger partial charge in [0.05, 0.1) is 17.8 Å². The molecule has 2 atom stereocenters. The molecule has 0 radical (unpaired) electrons. The van der Waals surface area contributed by atoms with Crippen molar-refractivity contribution in [2.75, 3.05) is 13.1 Å². The van der Waals surface area contributed by atoms with Crippen LogP contribution < -0.4 is 0 Å². The summed E-state index contributed by atoms with van der Waals surface area (Å²) in [4.78, 5) is 25.4. The molecule has 1 saturated heterocycles. The molecule has 1 aliphatic carbocycles. The van der Waals surface area contributed by atoms with E-state index in [1.54, 1.807) is 9.58 Å². The fourth-order valence-corrected chi connectivity index (χ4v) is 3.84. The van der Waals surface area contributed by atoms with Gasteiger partial charge in [0.25, 0.3) is 0 Å². The van der Waals surface area contributed by atoms with Gasteiger partial charge in [-0.25, -0.2) is 13.6 Å². The number of carbonyl (C=O) groups excluding carboxylic acids is 1. The third kappa shape index (κ3) is 3.43. The monoisotopic (exact) mass is 375 g/mol. The summed E-state index contributed by atoms with van der Waals surface area (Å²) in [6.07, 6.45) is 4.73. The highest BCUT2D eigenvalue weighted by Crippen LogP contribution is 2.49. The van der Waals surface area contributed by atoms with E-state index in [0.29, 0.717) is 32.4 Å². The van der Waals surface area contributed by atoms with Gasteiger partial charge in [0.15, 0.2) is 0 Å². The van der Waals surface area contributed by atoms with E-state index in [1.165, 1.54) is 18.5 Å². The molecule has 0 spiro atoms. The van der Waals surface area contributed by atoms with Gasteiger partial charge in [0.1, 0.15) is 11.6 Å². The van der Waals surface area contributed by atoms with E-state index in [-0.39, 0.29) is 34.9 Å². The van der Waals surface area contributed by atoms with Crippen molar-refractivity contribution in [3.8, 4) is 0 Å². The van der Waals surface area contributed by atoms with Crippen LogP contribution in [-0.2, 0) is 4.79 Å². The summed E-state index contributed by atoms with van der Waals surface area (Å²) in [5.41, 5.74) is 0.424. The molecule has 1 aromatic heterocycles. The number of aromatic carboxylic acids is 1. The lowest BCUT2D eigenvalue weighted by atomic mass is 10.0. The summed E-state index contributed by atoms with van der Waals surface area (Å²) in [5.74, 6) is -2.54. The Hall–Kier alpha value is -2.77. The minimum atomic E-state index is -1.02. The van der Waals surface area contributed by atoms with Gasteiger partial charge < -0.3 is 10.0 Å². The van der Waals surface area contributed by atoms with Gasteiger partial charge in [0.2, 0.25) is 5.91 Å². The normalized spacial score (nSPS) is 22.7. The molecule has 2 unspecified atom stereocenters. The van der Waals surface area contributed by atoms with Crippen molar-refractivity contribution in [2.24, 2.45) is 5.92 Å². The van der Waals surface area contributed by atoms with Crippen molar-refractivity contribution in [3.05, 3.63) is 53.4 Å². The second-order valence-corrected chi connectivity index (χ2v) is 7.19. The van der Waals surface area contributed by atoms with Crippen molar-refractivity contribution >= 4 is 11.9 Å². The van der Waals surface area contributed by atoms with Crippen molar-refractivity contribution in [1.29, 1.82) is 0 Å². The SMILES string of the molecule is O=C(O)c1cnn(C2CCN(C(=O)C3CC3c3cc(F)ccc3F)CC2)c1. The minimum absolute atomic E-state index is 0.0196. The summed E-state index contributed by atoms with van der Waals surface area (Å²) in [6, 6.07) is 3.41. The zero-order chi connectivity index (χ0) is 19.1. The van der Waals surface area contributed by atoms with Gasteiger partial charge in [-0.2, -0.15) is 5.10 Å². The number of carboxylic acids is 1. The van der Waals surface area contributed by atoms with Gasteiger partial charge in [-0.05, 0) is 48.9 Å². The van der Waals surface area contributed by atoms with Gasteiger partial charge in [-0.3, -0.25) is 9.48 Å². The molecule has 1 aromatic carbocycles. The number of aromatic nitrogens is 2. The largest absolute Gasteiger partial charge is 0.478 e. The van der Waals surface area contributed by atoms with E-state index in [1.807, 2.05) is 0 Å². The summed E-state index contributed by atoms with van der Waals surface area (Å²) in [5, 5.41) is 13.1. The lowest BCUT2D eigenvalue weighted by Crippen LogP contribution is -2.40. The van der Waals surface area contributed by atoms with Crippen molar-refractivity contribution < 1.29 is 23.5 Å². The first-order valence-electron chi connectivity index (χ1n) is 8.95. The van der Waals surface area contributed by atoms with Crippen LogP contribution in [0.4, 0.5) is 8.78 Å². The minimum Gasteiger partial charge on any atom is -0.478 e. The molecular weight excluding hydrogens is 356 g/mol. The third-order valence-corrected chi connectivity index (χ3v) is 5.46. The van der Waals surface area contributed by atoms with Gasteiger partial charge in [0, 0.05) is 25.2 Å². The molecule has 1 saturated carbocycles. The molecule has 142 valence electrons. The summed E-state index contributed by atoms with van der Waals surface area (Å²) in [6.45, 7) is 1.08. The Labute approximate surface area is 154 Å². The van der Waals surface area contributed by atoms with Crippen LogP contribution in [0.25, 0.3) is 0 Å². The van der Waals surface area contributed by atoms with E-state index in [9.17, 15) is 18.4 Å². The Kier molecular flexibility index (Phi) is 4.41. The second kappa shape index (κ2) is 6.75. The predicted molar refractivity (Wildman–Crippen MR) is 91.2 cm³/mol. The average molecular weight is 375 g/mol. The van der Waals surface area contributed by atoms with Crippen molar-refractivity contribution in [1.82, 2.24) is 14.7 Å². The van der Waals surface area contributed by atoms with E-state index >= 15 is 0 Å². The van der Waals surface area contributed by atoms with E-state index in [0.717, 1.165) is 12.1 Å². The summed E-state index contributed by atoms with van der Waals surface area (Å²) in [7, 11) is 0. The predicted octanol–water partition coefficient (Wildman–Crippen LogP) is 2.83. The van der Waals surface area contributed by atoms with Crippen LogP contribution in [0.1, 0.15) is 47.1 Å². The molecule has 1 amide bonds. The molecule has 1 aliphatic heterocycles. The Bertz CT molecular complexity index is 890.